The van der Waals surface area contributed by atoms with Crippen LogP contribution in [0.15, 0.2) is 72.8 Å². The molecular formula is C34H34N6O14S. The first-order chi connectivity index (χ1) is 26.3. The van der Waals surface area contributed by atoms with Crippen molar-refractivity contribution < 1.29 is 52.9 Å². The van der Waals surface area contributed by atoms with E-state index in [1.54, 1.807) is 0 Å². The molecular weight excluding hydrogens is 748 g/mol. The van der Waals surface area contributed by atoms with Crippen LogP contribution < -0.4 is 0 Å². The average molecular weight is 783 g/mol. The van der Waals surface area contributed by atoms with Crippen LogP contribution in [0.4, 0.5) is 31.4 Å². The Bertz CT molecular complexity index is 1910. The van der Waals surface area contributed by atoms with E-state index in [0.29, 0.717) is 16.7 Å². The molecule has 2 saturated heterocycles. The number of benzene rings is 3. The molecule has 21 heteroatoms. The van der Waals surface area contributed by atoms with Gasteiger partial charge in [-0.2, -0.15) is 12.6 Å². The predicted octanol–water partition coefficient (Wildman–Crippen LogP) is 4.62. The van der Waals surface area contributed by atoms with E-state index in [9.17, 15) is 49.5 Å². The maximum Gasteiger partial charge on any atom is 0.508 e. The number of thiol groups is 1. The van der Waals surface area contributed by atoms with Gasteiger partial charge in [-0.1, -0.05) is 0 Å². The normalized spacial score (nSPS) is 17.9. The van der Waals surface area contributed by atoms with Crippen LogP contribution >= 0.6 is 12.6 Å². The van der Waals surface area contributed by atoms with Crippen LogP contribution in [0.1, 0.15) is 23.1 Å². The number of nitrogens with zero attached hydrogens (tertiary/aromatic N) is 6. The zero-order valence-corrected chi connectivity index (χ0v) is 29.8. The Morgan fingerprint density at radius 1 is 0.618 bits per heavy atom. The highest BCUT2D eigenvalue weighted by atomic mass is 32.1. The van der Waals surface area contributed by atoms with Gasteiger partial charge in [-0.05, 0) is 59.5 Å². The van der Waals surface area contributed by atoms with Crippen LogP contribution in [0.5, 0.6) is 0 Å². The maximum absolute atomic E-state index is 14.1. The number of carbonyl (C=O) groups excluding carboxylic acids is 4. The van der Waals surface area contributed by atoms with Gasteiger partial charge in [-0.25, -0.2) is 14.4 Å². The minimum Gasteiger partial charge on any atom is -0.445 e. The van der Waals surface area contributed by atoms with Crippen LogP contribution in [-0.4, -0.2) is 104 Å². The van der Waals surface area contributed by atoms with E-state index in [0.717, 1.165) is 0 Å². The number of rotatable bonds is 12. The first-order valence-electron chi connectivity index (χ1n) is 16.6. The van der Waals surface area contributed by atoms with Crippen molar-refractivity contribution in [2.24, 2.45) is 0 Å². The van der Waals surface area contributed by atoms with Crippen molar-refractivity contribution in [1.29, 1.82) is 0 Å². The molecule has 0 N–H and O–H groups in total. The van der Waals surface area contributed by atoms with E-state index in [-0.39, 0.29) is 74.7 Å². The lowest BCUT2D eigenvalue weighted by Crippen LogP contribution is -2.61. The standard InChI is InChI=1S/C34H34N6O14S/c41-31(30-15-29(55)17-37(30)33(43)52-19-23-3-9-26(10-4-23)39(47)48)36-14-13-35(32(42)51-18-22-1-7-25(8-2-22)38(45)46)16-28(36)21-54-34(44)53-20-24-5-11-27(12-6-24)40(49)50/h1-12,28-30,55H,13-21H2/t28?,29-,30-/m0/s1. The van der Waals surface area contributed by atoms with Gasteiger partial charge < -0.3 is 28.7 Å². The van der Waals surface area contributed by atoms with E-state index in [1.807, 2.05) is 0 Å². The summed E-state index contributed by atoms with van der Waals surface area (Å²) in [6.45, 7) is -1.23. The smallest absolute Gasteiger partial charge is 0.445 e. The second-order valence-electron chi connectivity index (χ2n) is 12.4. The molecule has 0 bridgehead atoms. The number of nitro groups is 3. The zero-order valence-electron chi connectivity index (χ0n) is 28.9. The van der Waals surface area contributed by atoms with E-state index < -0.39 is 57.7 Å². The molecule has 0 spiro atoms. The molecule has 0 aromatic heterocycles. The third-order valence-electron chi connectivity index (χ3n) is 8.74. The van der Waals surface area contributed by atoms with Gasteiger partial charge in [0.2, 0.25) is 5.91 Å². The van der Waals surface area contributed by atoms with Gasteiger partial charge in [-0.15, -0.1) is 0 Å². The van der Waals surface area contributed by atoms with E-state index >= 15 is 0 Å². The number of nitro benzene ring substituents is 3. The molecule has 3 aromatic carbocycles. The van der Waals surface area contributed by atoms with Crippen LogP contribution in [0, 0.1) is 30.3 Å². The van der Waals surface area contributed by atoms with Crippen LogP contribution in [0.2, 0.25) is 0 Å². The maximum atomic E-state index is 14.1. The third-order valence-corrected chi connectivity index (χ3v) is 9.11. The quantitative estimate of drug-likeness (QED) is 0.0866. The second kappa shape index (κ2) is 18.0. The number of amides is 3. The Balaban J connectivity index is 1.24. The molecule has 1 unspecified atom stereocenters. The molecule has 0 saturated carbocycles. The fourth-order valence-electron chi connectivity index (χ4n) is 5.85. The number of likely N-dealkylation sites (tertiary alicyclic amines) is 1. The van der Waals surface area contributed by atoms with Crippen molar-refractivity contribution >= 4 is 53.9 Å². The van der Waals surface area contributed by atoms with Crippen molar-refractivity contribution in [3.8, 4) is 0 Å². The van der Waals surface area contributed by atoms with Crippen LogP contribution in [0.3, 0.4) is 0 Å². The van der Waals surface area contributed by atoms with Gasteiger partial charge in [0, 0.05) is 67.8 Å². The lowest BCUT2D eigenvalue weighted by molar-refractivity contribution is -0.385. The SMILES string of the molecule is O=C(OCc1ccc([N+](=O)[O-])cc1)OCC1CN(C(=O)OCc2ccc([N+](=O)[O-])cc2)CCN1C(=O)[C@@H]1C[C@H](S)CN1C(=O)OCc1ccc([N+](=O)[O-])cc1. The van der Waals surface area contributed by atoms with Crippen molar-refractivity contribution in [3.05, 3.63) is 120 Å². The highest BCUT2D eigenvalue weighted by Gasteiger charge is 2.44. The average Bonchev–Trinajstić information content (AvgIpc) is 3.58. The van der Waals surface area contributed by atoms with Gasteiger partial charge in [0.1, 0.15) is 32.5 Å². The van der Waals surface area contributed by atoms with Crippen molar-refractivity contribution in [2.45, 2.75) is 43.6 Å². The molecule has 2 aliphatic heterocycles. The summed E-state index contributed by atoms with van der Waals surface area (Å²) in [5.74, 6) is -0.518. The summed E-state index contributed by atoms with van der Waals surface area (Å²) < 4.78 is 21.3. The fourth-order valence-corrected chi connectivity index (χ4v) is 6.22. The summed E-state index contributed by atoms with van der Waals surface area (Å²) in [6.07, 6.45) is -2.53. The van der Waals surface area contributed by atoms with Gasteiger partial charge in [-0.3, -0.25) is 40.0 Å². The third kappa shape index (κ3) is 10.6. The minimum atomic E-state index is -1.11. The van der Waals surface area contributed by atoms with Gasteiger partial charge in [0.05, 0.1) is 20.8 Å². The Morgan fingerprint density at radius 3 is 1.55 bits per heavy atom. The summed E-state index contributed by atoms with van der Waals surface area (Å²) in [5.41, 5.74) is 1.01. The molecule has 5 rings (SSSR count). The summed E-state index contributed by atoms with van der Waals surface area (Å²) in [6, 6.07) is 14.2. The van der Waals surface area contributed by atoms with Crippen molar-refractivity contribution in [2.75, 3.05) is 32.8 Å². The Labute approximate surface area is 317 Å². The van der Waals surface area contributed by atoms with E-state index in [1.165, 1.54) is 87.5 Å². The lowest BCUT2D eigenvalue weighted by Gasteiger charge is -2.42. The second-order valence-corrected chi connectivity index (χ2v) is 13.1. The predicted molar refractivity (Wildman–Crippen MR) is 191 cm³/mol. The number of hydrogen-bond donors (Lipinski definition) is 1. The Hall–Kier alpha value is -6.51. The van der Waals surface area contributed by atoms with Crippen LogP contribution in [-0.2, 0) is 43.6 Å². The molecule has 2 heterocycles. The first kappa shape index (κ1) is 39.7. The fraction of sp³-hybridized carbons (Fsp3) is 0.353. The number of non-ortho nitro benzene ring substituents is 3. The highest BCUT2D eigenvalue weighted by Crippen LogP contribution is 2.27. The van der Waals surface area contributed by atoms with E-state index in [2.05, 4.69) is 12.6 Å². The van der Waals surface area contributed by atoms with Crippen molar-refractivity contribution in [1.82, 2.24) is 14.7 Å². The molecule has 0 aliphatic carbocycles. The number of hydrogen-bond acceptors (Lipinski definition) is 15. The lowest BCUT2D eigenvalue weighted by atomic mass is 10.1. The Kier molecular flexibility index (Phi) is 13.0. The molecule has 2 aliphatic rings. The molecule has 290 valence electrons. The molecule has 3 amide bonds. The molecule has 3 aromatic rings. The molecule has 20 nitrogen and oxygen atoms in total. The van der Waals surface area contributed by atoms with E-state index in [4.69, 9.17) is 18.9 Å². The summed E-state index contributed by atoms with van der Waals surface area (Å²) in [7, 11) is 0. The summed E-state index contributed by atoms with van der Waals surface area (Å²) in [5, 5.41) is 32.5. The summed E-state index contributed by atoms with van der Waals surface area (Å²) in [4.78, 5) is 88.1. The largest absolute Gasteiger partial charge is 0.508 e. The molecule has 2 fully saturated rings. The van der Waals surface area contributed by atoms with Crippen LogP contribution in [0.25, 0.3) is 0 Å². The van der Waals surface area contributed by atoms with Gasteiger partial charge >= 0.3 is 18.3 Å². The number of piperazine rings is 1. The van der Waals surface area contributed by atoms with Crippen molar-refractivity contribution in [3.63, 3.8) is 0 Å². The van der Waals surface area contributed by atoms with Gasteiger partial charge in [0.25, 0.3) is 17.1 Å². The zero-order chi connectivity index (χ0) is 39.6. The highest BCUT2D eigenvalue weighted by molar-refractivity contribution is 7.81. The molecule has 0 radical (unpaired) electrons. The van der Waals surface area contributed by atoms with Gasteiger partial charge in [0.15, 0.2) is 0 Å². The monoisotopic (exact) mass is 782 g/mol. The Morgan fingerprint density at radius 2 is 1.07 bits per heavy atom. The first-order valence-corrected chi connectivity index (χ1v) is 17.1. The number of ether oxygens (including phenoxy) is 4. The minimum absolute atomic E-state index is 0.00748. The molecule has 3 atom stereocenters. The topological polar surface area (TPSA) is 244 Å². The number of carbonyl (C=O) groups is 4. The molecule has 55 heavy (non-hydrogen) atoms. The summed E-state index contributed by atoms with van der Waals surface area (Å²) >= 11 is 4.50.